The SMILES string of the molecule is O=C(NCc1cn(Cc2ccccc2)nc1-c1ccccc1)c1n[nH]c2ccccc12. The molecule has 0 aliphatic heterocycles. The highest BCUT2D eigenvalue weighted by Gasteiger charge is 2.16. The van der Waals surface area contributed by atoms with Gasteiger partial charge in [-0.15, -0.1) is 0 Å². The van der Waals surface area contributed by atoms with Gasteiger partial charge < -0.3 is 5.32 Å². The molecule has 0 unspecified atom stereocenters. The molecular formula is C25H21N5O. The predicted molar refractivity (Wildman–Crippen MR) is 120 cm³/mol. The molecule has 0 aliphatic rings. The Labute approximate surface area is 179 Å². The normalized spacial score (nSPS) is 11.0. The van der Waals surface area contributed by atoms with Crippen LogP contribution in [0.1, 0.15) is 21.6 Å². The summed E-state index contributed by atoms with van der Waals surface area (Å²) < 4.78 is 1.92. The third kappa shape index (κ3) is 3.96. The number of amides is 1. The van der Waals surface area contributed by atoms with Crippen LogP contribution in [0.25, 0.3) is 22.2 Å². The fourth-order valence-corrected chi connectivity index (χ4v) is 3.68. The van der Waals surface area contributed by atoms with Crippen LogP contribution in [-0.2, 0) is 13.1 Å². The van der Waals surface area contributed by atoms with E-state index in [0.717, 1.165) is 27.7 Å². The van der Waals surface area contributed by atoms with E-state index in [-0.39, 0.29) is 5.91 Å². The van der Waals surface area contributed by atoms with E-state index in [2.05, 4.69) is 27.6 Å². The molecule has 2 heterocycles. The molecule has 2 aromatic heterocycles. The lowest BCUT2D eigenvalue weighted by molar-refractivity contribution is 0.0947. The number of carbonyl (C=O) groups excluding carboxylic acids is 1. The molecule has 0 aliphatic carbocycles. The van der Waals surface area contributed by atoms with E-state index in [1.54, 1.807) is 0 Å². The van der Waals surface area contributed by atoms with Gasteiger partial charge in [-0.3, -0.25) is 14.6 Å². The number of hydrogen-bond donors (Lipinski definition) is 2. The molecular weight excluding hydrogens is 386 g/mol. The summed E-state index contributed by atoms with van der Waals surface area (Å²) in [6.07, 6.45) is 2.00. The number of aromatic nitrogens is 4. The first kappa shape index (κ1) is 18.8. The van der Waals surface area contributed by atoms with Crippen molar-refractivity contribution in [2.45, 2.75) is 13.1 Å². The van der Waals surface area contributed by atoms with Crippen molar-refractivity contribution in [2.75, 3.05) is 0 Å². The number of benzene rings is 3. The fourth-order valence-electron chi connectivity index (χ4n) is 3.68. The van der Waals surface area contributed by atoms with Crippen molar-refractivity contribution in [1.29, 1.82) is 0 Å². The van der Waals surface area contributed by atoms with E-state index in [1.165, 1.54) is 5.56 Å². The van der Waals surface area contributed by atoms with Crippen molar-refractivity contribution in [2.24, 2.45) is 0 Å². The van der Waals surface area contributed by atoms with Gasteiger partial charge in [0.15, 0.2) is 5.69 Å². The number of para-hydroxylation sites is 1. The zero-order chi connectivity index (χ0) is 21.0. The number of nitrogens with zero attached hydrogens (tertiary/aromatic N) is 3. The van der Waals surface area contributed by atoms with Gasteiger partial charge in [0.25, 0.3) is 5.91 Å². The number of hydrogen-bond acceptors (Lipinski definition) is 3. The minimum absolute atomic E-state index is 0.215. The number of rotatable bonds is 6. The Morgan fingerprint density at radius 3 is 2.42 bits per heavy atom. The Morgan fingerprint density at radius 2 is 1.61 bits per heavy atom. The Balaban J connectivity index is 1.41. The fraction of sp³-hybridized carbons (Fsp3) is 0.0800. The van der Waals surface area contributed by atoms with Crippen LogP contribution in [-0.4, -0.2) is 25.9 Å². The molecule has 2 N–H and O–H groups in total. The molecule has 5 rings (SSSR count). The predicted octanol–water partition coefficient (Wildman–Crippen LogP) is 4.40. The van der Waals surface area contributed by atoms with E-state index in [9.17, 15) is 4.79 Å². The highest BCUT2D eigenvalue weighted by Crippen LogP contribution is 2.23. The Hall–Kier alpha value is -4.19. The summed E-state index contributed by atoms with van der Waals surface area (Å²) in [5.74, 6) is -0.215. The number of aromatic amines is 1. The van der Waals surface area contributed by atoms with Crippen LogP contribution in [0.5, 0.6) is 0 Å². The van der Waals surface area contributed by atoms with E-state index in [4.69, 9.17) is 5.10 Å². The average molecular weight is 407 g/mol. The van der Waals surface area contributed by atoms with Crippen LogP contribution in [0, 0.1) is 0 Å². The summed E-state index contributed by atoms with van der Waals surface area (Å²) >= 11 is 0. The van der Waals surface area contributed by atoms with Gasteiger partial charge in [0.2, 0.25) is 0 Å². The number of H-pyrrole nitrogens is 1. The Morgan fingerprint density at radius 1 is 0.903 bits per heavy atom. The molecule has 0 saturated heterocycles. The maximum Gasteiger partial charge on any atom is 0.272 e. The topological polar surface area (TPSA) is 75.6 Å². The second kappa shape index (κ2) is 8.28. The van der Waals surface area contributed by atoms with Gasteiger partial charge in [0, 0.05) is 29.3 Å². The van der Waals surface area contributed by atoms with Crippen LogP contribution in [0.4, 0.5) is 0 Å². The second-order valence-electron chi connectivity index (χ2n) is 7.35. The molecule has 0 spiro atoms. The van der Waals surface area contributed by atoms with Gasteiger partial charge in [-0.25, -0.2) is 0 Å². The lowest BCUT2D eigenvalue weighted by Gasteiger charge is -2.04. The summed E-state index contributed by atoms with van der Waals surface area (Å²) in [6, 6.07) is 27.8. The maximum atomic E-state index is 12.8. The van der Waals surface area contributed by atoms with Crippen molar-refractivity contribution in [3.05, 3.63) is 108 Å². The van der Waals surface area contributed by atoms with Crippen LogP contribution >= 0.6 is 0 Å². The highest BCUT2D eigenvalue weighted by atomic mass is 16.1. The number of nitrogens with one attached hydrogen (secondary N) is 2. The quantitative estimate of drug-likeness (QED) is 0.438. The lowest BCUT2D eigenvalue weighted by Crippen LogP contribution is -2.23. The van der Waals surface area contributed by atoms with E-state index in [0.29, 0.717) is 18.8 Å². The van der Waals surface area contributed by atoms with Gasteiger partial charge in [0.1, 0.15) is 0 Å². The average Bonchev–Trinajstić information content (AvgIpc) is 3.43. The lowest BCUT2D eigenvalue weighted by atomic mass is 10.1. The largest absolute Gasteiger partial charge is 0.346 e. The van der Waals surface area contributed by atoms with Gasteiger partial charge in [-0.05, 0) is 11.6 Å². The minimum Gasteiger partial charge on any atom is -0.346 e. The summed E-state index contributed by atoms with van der Waals surface area (Å²) in [6.45, 7) is 1.03. The molecule has 0 bridgehead atoms. The summed E-state index contributed by atoms with van der Waals surface area (Å²) in [5.41, 5.74) is 5.24. The zero-order valence-corrected chi connectivity index (χ0v) is 16.8. The van der Waals surface area contributed by atoms with Crippen molar-refractivity contribution >= 4 is 16.8 Å². The molecule has 6 heteroatoms. The third-order valence-electron chi connectivity index (χ3n) is 5.20. The molecule has 31 heavy (non-hydrogen) atoms. The third-order valence-corrected chi connectivity index (χ3v) is 5.20. The monoisotopic (exact) mass is 407 g/mol. The molecule has 0 fully saturated rings. The van der Waals surface area contributed by atoms with E-state index in [1.807, 2.05) is 83.7 Å². The molecule has 0 saturated carbocycles. The first-order valence-electron chi connectivity index (χ1n) is 10.1. The summed E-state index contributed by atoms with van der Waals surface area (Å²) in [7, 11) is 0. The molecule has 3 aromatic carbocycles. The zero-order valence-electron chi connectivity index (χ0n) is 16.8. The van der Waals surface area contributed by atoms with Gasteiger partial charge in [-0.1, -0.05) is 78.9 Å². The molecule has 5 aromatic rings. The van der Waals surface area contributed by atoms with Crippen molar-refractivity contribution < 1.29 is 4.79 Å². The van der Waals surface area contributed by atoms with Gasteiger partial charge in [0.05, 0.1) is 17.8 Å². The van der Waals surface area contributed by atoms with Crippen molar-refractivity contribution in [1.82, 2.24) is 25.3 Å². The first-order chi connectivity index (χ1) is 15.3. The van der Waals surface area contributed by atoms with Crippen molar-refractivity contribution in [3.63, 3.8) is 0 Å². The highest BCUT2D eigenvalue weighted by molar-refractivity contribution is 6.04. The smallest absolute Gasteiger partial charge is 0.272 e. The Bertz CT molecular complexity index is 1320. The van der Waals surface area contributed by atoms with Crippen LogP contribution in [0.15, 0.2) is 91.1 Å². The number of fused-ring (bicyclic) bond motifs is 1. The van der Waals surface area contributed by atoms with Gasteiger partial charge in [-0.2, -0.15) is 10.2 Å². The summed E-state index contributed by atoms with van der Waals surface area (Å²) in [5, 5.41) is 15.7. The molecule has 6 nitrogen and oxygen atoms in total. The van der Waals surface area contributed by atoms with E-state index >= 15 is 0 Å². The maximum absolute atomic E-state index is 12.8. The minimum atomic E-state index is -0.215. The van der Waals surface area contributed by atoms with E-state index < -0.39 is 0 Å². The second-order valence-corrected chi connectivity index (χ2v) is 7.35. The molecule has 1 amide bonds. The molecule has 0 radical (unpaired) electrons. The van der Waals surface area contributed by atoms with Crippen LogP contribution in [0.2, 0.25) is 0 Å². The van der Waals surface area contributed by atoms with Crippen molar-refractivity contribution in [3.8, 4) is 11.3 Å². The van der Waals surface area contributed by atoms with Gasteiger partial charge >= 0.3 is 0 Å². The number of carbonyl (C=O) groups is 1. The summed E-state index contributed by atoms with van der Waals surface area (Å²) in [4.78, 5) is 12.8. The van der Waals surface area contributed by atoms with Crippen LogP contribution in [0.3, 0.4) is 0 Å². The molecule has 152 valence electrons. The molecule has 0 atom stereocenters. The Kier molecular flexibility index (Phi) is 5.02. The first-order valence-corrected chi connectivity index (χ1v) is 10.1. The standard InChI is InChI=1S/C25H21N5O/c31-25(24-21-13-7-8-14-22(21)27-28-24)26-15-20-17-30(16-18-9-3-1-4-10-18)29-23(20)19-11-5-2-6-12-19/h1-14,17H,15-16H2,(H,26,31)(H,27,28). The van der Waals surface area contributed by atoms with Crippen LogP contribution < -0.4 is 5.32 Å².